The van der Waals surface area contributed by atoms with Gasteiger partial charge < -0.3 is 15.0 Å². The van der Waals surface area contributed by atoms with Crippen LogP contribution in [0.15, 0.2) is 42.5 Å². The summed E-state index contributed by atoms with van der Waals surface area (Å²) >= 11 is 5.94. The van der Waals surface area contributed by atoms with Gasteiger partial charge in [0.15, 0.2) is 0 Å². The van der Waals surface area contributed by atoms with E-state index < -0.39 is 0 Å². The zero-order chi connectivity index (χ0) is 17.5. The lowest BCUT2D eigenvalue weighted by Gasteiger charge is -2.17. The van der Waals surface area contributed by atoms with Gasteiger partial charge in [-0.1, -0.05) is 29.8 Å². The second-order valence-electron chi connectivity index (χ2n) is 5.47. The van der Waals surface area contributed by atoms with Crippen LogP contribution in [0.4, 0.5) is 10.1 Å². The number of carbonyl (C=O) groups excluding carboxylic acids is 1. The topological polar surface area (TPSA) is 41.6 Å². The third-order valence-electron chi connectivity index (χ3n) is 3.55. The monoisotopic (exact) mass is 350 g/mol. The summed E-state index contributed by atoms with van der Waals surface area (Å²) in [5.74, 6) is 0.154. The van der Waals surface area contributed by atoms with E-state index in [2.05, 4.69) is 5.32 Å². The van der Waals surface area contributed by atoms with Crippen molar-refractivity contribution < 1.29 is 13.9 Å². The highest BCUT2D eigenvalue weighted by atomic mass is 35.5. The van der Waals surface area contributed by atoms with Gasteiger partial charge in [0.2, 0.25) is 5.91 Å². The highest BCUT2D eigenvalue weighted by molar-refractivity contribution is 6.31. The first-order valence-corrected chi connectivity index (χ1v) is 7.92. The molecule has 1 amide bonds. The molecule has 2 aromatic carbocycles. The van der Waals surface area contributed by atoms with Crippen molar-refractivity contribution in [1.29, 1.82) is 0 Å². The van der Waals surface area contributed by atoms with E-state index in [1.807, 2.05) is 11.9 Å². The zero-order valence-electron chi connectivity index (χ0n) is 13.7. The smallest absolute Gasteiger partial charge is 0.225 e. The van der Waals surface area contributed by atoms with Crippen LogP contribution in [0.5, 0.6) is 5.75 Å². The number of nitrogens with zero attached hydrogens (tertiary/aromatic N) is 1. The molecule has 0 atom stereocenters. The molecule has 0 aliphatic carbocycles. The number of rotatable bonds is 7. The molecule has 128 valence electrons. The number of methoxy groups -OCH3 is 1. The van der Waals surface area contributed by atoms with E-state index in [0.717, 1.165) is 0 Å². The van der Waals surface area contributed by atoms with E-state index in [0.29, 0.717) is 35.1 Å². The number of anilines is 1. The molecule has 0 unspecified atom stereocenters. The lowest BCUT2D eigenvalue weighted by Crippen LogP contribution is -2.24. The molecule has 2 aromatic rings. The Labute approximate surface area is 146 Å². The largest absolute Gasteiger partial charge is 0.495 e. The van der Waals surface area contributed by atoms with Gasteiger partial charge in [0.1, 0.15) is 11.6 Å². The van der Waals surface area contributed by atoms with Gasteiger partial charge in [-0.3, -0.25) is 4.79 Å². The molecule has 6 heteroatoms. The number of hydrogen-bond donors (Lipinski definition) is 1. The summed E-state index contributed by atoms with van der Waals surface area (Å²) in [6.07, 6.45) is 0.278. The Balaban J connectivity index is 1.87. The van der Waals surface area contributed by atoms with Gasteiger partial charge in [0.25, 0.3) is 0 Å². The highest BCUT2D eigenvalue weighted by Crippen LogP contribution is 2.27. The lowest BCUT2D eigenvalue weighted by molar-refractivity contribution is -0.116. The summed E-state index contributed by atoms with van der Waals surface area (Å²) in [5.41, 5.74) is 1.14. The predicted molar refractivity (Wildman–Crippen MR) is 94.0 cm³/mol. The van der Waals surface area contributed by atoms with E-state index >= 15 is 0 Å². The summed E-state index contributed by atoms with van der Waals surface area (Å²) in [6.45, 7) is 0.948. The van der Waals surface area contributed by atoms with Gasteiger partial charge in [-0.15, -0.1) is 0 Å². The third kappa shape index (κ3) is 5.22. The fourth-order valence-electron chi connectivity index (χ4n) is 2.28. The van der Waals surface area contributed by atoms with Gasteiger partial charge in [0, 0.05) is 30.1 Å². The molecule has 0 bridgehead atoms. The predicted octanol–water partition coefficient (Wildman–Crippen LogP) is 3.95. The number of nitrogens with one attached hydrogen (secondary N) is 1. The standard InChI is InChI=1S/C18H20ClFN2O2/c1-22(12-13-5-3-4-6-15(13)20)10-9-18(23)21-16-11-14(19)7-8-17(16)24-2/h3-8,11H,9-10,12H2,1-2H3,(H,21,23). The van der Waals surface area contributed by atoms with Gasteiger partial charge in [0.05, 0.1) is 12.8 Å². The number of benzene rings is 2. The minimum absolute atomic E-state index is 0.157. The van der Waals surface area contributed by atoms with Crippen molar-refractivity contribution in [1.82, 2.24) is 4.90 Å². The fraction of sp³-hybridized carbons (Fsp3) is 0.278. The molecule has 0 aliphatic rings. The fourth-order valence-corrected chi connectivity index (χ4v) is 2.45. The van der Waals surface area contributed by atoms with E-state index in [9.17, 15) is 9.18 Å². The van der Waals surface area contributed by atoms with Crippen LogP contribution < -0.4 is 10.1 Å². The molecule has 0 aromatic heterocycles. The average molecular weight is 351 g/mol. The maximum atomic E-state index is 13.6. The molecule has 4 nitrogen and oxygen atoms in total. The molecule has 0 heterocycles. The summed E-state index contributed by atoms with van der Waals surface area (Å²) in [6, 6.07) is 11.7. The van der Waals surface area contributed by atoms with E-state index in [1.165, 1.54) is 13.2 Å². The molecular formula is C18H20ClFN2O2. The average Bonchev–Trinajstić information content (AvgIpc) is 2.55. The van der Waals surface area contributed by atoms with Gasteiger partial charge >= 0.3 is 0 Å². The van der Waals surface area contributed by atoms with Gasteiger partial charge in [-0.25, -0.2) is 4.39 Å². The first-order chi connectivity index (χ1) is 11.5. The van der Waals surface area contributed by atoms with Crippen LogP contribution in [0.3, 0.4) is 0 Å². The maximum absolute atomic E-state index is 13.6. The van der Waals surface area contributed by atoms with Crippen LogP contribution in [0.1, 0.15) is 12.0 Å². The van der Waals surface area contributed by atoms with Crippen molar-refractivity contribution in [3.8, 4) is 5.75 Å². The molecule has 0 saturated carbocycles. The first-order valence-electron chi connectivity index (χ1n) is 7.55. The van der Waals surface area contributed by atoms with Crippen molar-refractivity contribution in [3.63, 3.8) is 0 Å². The Morgan fingerprint density at radius 3 is 2.75 bits per heavy atom. The Morgan fingerprint density at radius 2 is 2.04 bits per heavy atom. The summed E-state index contributed by atoms with van der Waals surface area (Å²) in [4.78, 5) is 14.0. The Hall–Kier alpha value is -2.11. The number of halogens is 2. The van der Waals surface area contributed by atoms with E-state index in [-0.39, 0.29) is 18.1 Å². The summed E-state index contributed by atoms with van der Waals surface area (Å²) in [7, 11) is 3.38. The number of carbonyl (C=O) groups is 1. The lowest BCUT2D eigenvalue weighted by atomic mass is 10.2. The van der Waals surface area contributed by atoms with Crippen LogP contribution in [0.25, 0.3) is 0 Å². The molecule has 0 fully saturated rings. The van der Waals surface area contributed by atoms with Crippen LogP contribution in [-0.2, 0) is 11.3 Å². The second-order valence-corrected chi connectivity index (χ2v) is 5.91. The Morgan fingerprint density at radius 1 is 1.29 bits per heavy atom. The second kappa shape index (κ2) is 8.66. The molecule has 2 rings (SSSR count). The van der Waals surface area contributed by atoms with Crippen molar-refractivity contribution in [2.75, 3.05) is 26.0 Å². The summed E-state index contributed by atoms with van der Waals surface area (Å²) < 4.78 is 18.8. The molecule has 0 aliphatic heterocycles. The normalized spacial score (nSPS) is 10.7. The molecule has 0 radical (unpaired) electrons. The molecular weight excluding hydrogens is 331 g/mol. The van der Waals surface area contributed by atoms with Crippen LogP contribution in [0.2, 0.25) is 5.02 Å². The summed E-state index contributed by atoms with van der Waals surface area (Å²) in [5, 5.41) is 3.30. The minimum atomic E-state index is -0.238. The van der Waals surface area contributed by atoms with Crippen LogP contribution >= 0.6 is 11.6 Å². The SMILES string of the molecule is COc1ccc(Cl)cc1NC(=O)CCN(C)Cc1ccccc1F. The first kappa shape index (κ1) is 18.2. The zero-order valence-corrected chi connectivity index (χ0v) is 14.4. The Bertz CT molecular complexity index is 709. The Kier molecular flexibility index (Phi) is 6.58. The number of amides is 1. The van der Waals surface area contributed by atoms with Crippen molar-refractivity contribution in [3.05, 3.63) is 58.9 Å². The van der Waals surface area contributed by atoms with E-state index in [1.54, 1.807) is 36.4 Å². The van der Waals surface area contributed by atoms with Crippen LogP contribution in [-0.4, -0.2) is 31.5 Å². The molecule has 24 heavy (non-hydrogen) atoms. The van der Waals surface area contributed by atoms with Gasteiger partial charge in [-0.05, 0) is 31.3 Å². The maximum Gasteiger partial charge on any atom is 0.225 e. The van der Waals surface area contributed by atoms with Crippen molar-refractivity contribution in [2.24, 2.45) is 0 Å². The van der Waals surface area contributed by atoms with E-state index in [4.69, 9.17) is 16.3 Å². The highest BCUT2D eigenvalue weighted by Gasteiger charge is 2.10. The molecule has 0 saturated heterocycles. The van der Waals surface area contributed by atoms with Crippen molar-refractivity contribution in [2.45, 2.75) is 13.0 Å². The quantitative estimate of drug-likeness (QED) is 0.822. The third-order valence-corrected chi connectivity index (χ3v) is 3.79. The molecule has 0 spiro atoms. The molecule has 1 N–H and O–H groups in total. The number of hydrogen-bond acceptors (Lipinski definition) is 3. The van der Waals surface area contributed by atoms with Gasteiger partial charge in [-0.2, -0.15) is 0 Å². The minimum Gasteiger partial charge on any atom is -0.495 e. The van der Waals surface area contributed by atoms with Crippen LogP contribution in [0, 0.1) is 5.82 Å². The van der Waals surface area contributed by atoms with Crippen molar-refractivity contribution >= 4 is 23.2 Å². The number of ether oxygens (including phenoxy) is 1.